The normalized spacial score (nSPS) is 12.3. The second kappa shape index (κ2) is 4.19. The summed E-state index contributed by atoms with van der Waals surface area (Å²) in [7, 11) is 3.06. The Morgan fingerprint density at radius 1 is 1.21 bits per heavy atom. The van der Waals surface area contributed by atoms with Crippen LogP contribution in [0.3, 0.4) is 0 Å². The summed E-state index contributed by atoms with van der Waals surface area (Å²) in [5.41, 5.74) is 6.31. The van der Waals surface area contributed by atoms with Gasteiger partial charge < -0.3 is 20.3 Å². The van der Waals surface area contributed by atoms with E-state index in [0.717, 1.165) is 0 Å². The maximum absolute atomic E-state index is 9.60. The summed E-state index contributed by atoms with van der Waals surface area (Å²) < 4.78 is 10.1. The molecule has 0 spiro atoms. The van der Waals surface area contributed by atoms with Crippen LogP contribution in [-0.2, 0) is 0 Å². The van der Waals surface area contributed by atoms with Crippen LogP contribution >= 0.6 is 0 Å². The first-order valence-corrected chi connectivity index (χ1v) is 4.30. The Kier molecular flexibility index (Phi) is 3.19. The number of aromatic hydroxyl groups is 1. The number of hydrogen-bond donors (Lipinski definition) is 2. The second-order valence-electron chi connectivity index (χ2n) is 3.05. The predicted octanol–water partition coefficient (Wildman–Crippen LogP) is 1.43. The number of methoxy groups -OCH3 is 2. The van der Waals surface area contributed by atoms with E-state index in [4.69, 9.17) is 15.2 Å². The maximum Gasteiger partial charge on any atom is 0.164 e. The van der Waals surface area contributed by atoms with E-state index in [0.29, 0.717) is 17.1 Å². The minimum Gasteiger partial charge on any atom is -0.507 e. The molecule has 0 saturated heterocycles. The van der Waals surface area contributed by atoms with Crippen LogP contribution in [0.2, 0.25) is 0 Å². The first-order chi connectivity index (χ1) is 6.60. The predicted molar refractivity (Wildman–Crippen MR) is 53.8 cm³/mol. The van der Waals surface area contributed by atoms with Crippen molar-refractivity contribution in [2.75, 3.05) is 14.2 Å². The minimum atomic E-state index is -0.241. The van der Waals surface area contributed by atoms with Crippen LogP contribution in [0.15, 0.2) is 12.1 Å². The van der Waals surface area contributed by atoms with Crippen molar-refractivity contribution in [3.8, 4) is 17.2 Å². The van der Waals surface area contributed by atoms with Crippen LogP contribution in [0.25, 0.3) is 0 Å². The summed E-state index contributed by atoms with van der Waals surface area (Å²) in [6.07, 6.45) is 0. The zero-order chi connectivity index (χ0) is 10.7. The highest BCUT2D eigenvalue weighted by atomic mass is 16.5. The third-order valence-corrected chi connectivity index (χ3v) is 2.02. The van der Waals surface area contributed by atoms with Gasteiger partial charge in [0.25, 0.3) is 0 Å². The van der Waals surface area contributed by atoms with E-state index in [1.165, 1.54) is 13.2 Å². The standard InChI is InChI=1S/C10H15NO3/c1-6(11)7-4-9(13-2)10(14-3)5-8(7)12/h4-6,12H,11H2,1-3H3. The first kappa shape index (κ1) is 10.7. The van der Waals surface area contributed by atoms with Crippen molar-refractivity contribution < 1.29 is 14.6 Å². The topological polar surface area (TPSA) is 64.7 Å². The Labute approximate surface area is 83.3 Å². The summed E-state index contributed by atoms with van der Waals surface area (Å²) >= 11 is 0. The van der Waals surface area contributed by atoms with E-state index < -0.39 is 0 Å². The lowest BCUT2D eigenvalue weighted by atomic mass is 10.1. The first-order valence-electron chi connectivity index (χ1n) is 4.30. The number of nitrogens with two attached hydrogens (primary N) is 1. The molecule has 0 amide bonds. The van der Waals surface area contributed by atoms with Crippen molar-refractivity contribution in [2.45, 2.75) is 13.0 Å². The second-order valence-corrected chi connectivity index (χ2v) is 3.05. The molecule has 1 aromatic carbocycles. The van der Waals surface area contributed by atoms with Gasteiger partial charge in [0.05, 0.1) is 14.2 Å². The van der Waals surface area contributed by atoms with Gasteiger partial charge in [0.15, 0.2) is 11.5 Å². The van der Waals surface area contributed by atoms with Crippen LogP contribution in [0, 0.1) is 0 Å². The molecule has 1 unspecified atom stereocenters. The summed E-state index contributed by atoms with van der Waals surface area (Å²) in [6.45, 7) is 1.79. The average molecular weight is 197 g/mol. The molecule has 14 heavy (non-hydrogen) atoms. The highest BCUT2D eigenvalue weighted by Crippen LogP contribution is 2.35. The molecule has 0 saturated carbocycles. The van der Waals surface area contributed by atoms with Gasteiger partial charge >= 0.3 is 0 Å². The lowest BCUT2D eigenvalue weighted by Crippen LogP contribution is -2.05. The van der Waals surface area contributed by atoms with Gasteiger partial charge in [-0.3, -0.25) is 0 Å². The summed E-state index contributed by atoms with van der Waals surface area (Å²) in [5, 5.41) is 9.60. The minimum absolute atomic E-state index is 0.123. The van der Waals surface area contributed by atoms with Crippen molar-refractivity contribution in [1.29, 1.82) is 0 Å². The van der Waals surface area contributed by atoms with Crippen molar-refractivity contribution in [2.24, 2.45) is 5.73 Å². The Bertz CT molecular complexity index is 323. The molecular formula is C10H15NO3. The molecule has 0 aliphatic rings. The lowest BCUT2D eigenvalue weighted by molar-refractivity contribution is 0.350. The van der Waals surface area contributed by atoms with E-state index in [1.807, 2.05) is 0 Å². The molecule has 0 heterocycles. The molecule has 1 rings (SSSR count). The van der Waals surface area contributed by atoms with Crippen LogP contribution in [0.4, 0.5) is 0 Å². The fraction of sp³-hybridized carbons (Fsp3) is 0.400. The number of ether oxygens (including phenoxy) is 2. The van der Waals surface area contributed by atoms with Crippen LogP contribution in [0.5, 0.6) is 17.2 Å². The van der Waals surface area contributed by atoms with Gasteiger partial charge in [-0.25, -0.2) is 0 Å². The molecule has 0 fully saturated rings. The van der Waals surface area contributed by atoms with E-state index in [1.54, 1.807) is 20.1 Å². The van der Waals surface area contributed by atoms with E-state index in [9.17, 15) is 5.11 Å². The zero-order valence-corrected chi connectivity index (χ0v) is 8.57. The third kappa shape index (κ3) is 1.90. The van der Waals surface area contributed by atoms with Gasteiger partial charge in [-0.1, -0.05) is 0 Å². The molecule has 3 N–H and O–H groups in total. The van der Waals surface area contributed by atoms with Crippen molar-refractivity contribution in [1.82, 2.24) is 0 Å². The van der Waals surface area contributed by atoms with Crippen LogP contribution in [-0.4, -0.2) is 19.3 Å². The van der Waals surface area contributed by atoms with Gasteiger partial charge in [0, 0.05) is 17.7 Å². The van der Waals surface area contributed by atoms with Gasteiger partial charge in [-0.15, -0.1) is 0 Å². The molecule has 0 aliphatic heterocycles. The Hall–Kier alpha value is -1.42. The van der Waals surface area contributed by atoms with Crippen molar-refractivity contribution in [3.05, 3.63) is 17.7 Å². The monoisotopic (exact) mass is 197 g/mol. The fourth-order valence-corrected chi connectivity index (χ4v) is 1.25. The Morgan fingerprint density at radius 3 is 2.14 bits per heavy atom. The molecule has 1 aromatic rings. The zero-order valence-electron chi connectivity index (χ0n) is 8.57. The number of benzene rings is 1. The quantitative estimate of drug-likeness (QED) is 0.769. The molecular weight excluding hydrogens is 182 g/mol. The highest BCUT2D eigenvalue weighted by Gasteiger charge is 2.12. The van der Waals surface area contributed by atoms with Crippen LogP contribution in [0.1, 0.15) is 18.5 Å². The van der Waals surface area contributed by atoms with E-state index in [-0.39, 0.29) is 11.8 Å². The summed E-state index contributed by atoms with van der Waals surface area (Å²) in [4.78, 5) is 0. The number of rotatable bonds is 3. The lowest BCUT2D eigenvalue weighted by Gasteiger charge is -2.13. The molecule has 4 heteroatoms. The Morgan fingerprint density at radius 2 is 1.71 bits per heavy atom. The molecule has 4 nitrogen and oxygen atoms in total. The SMILES string of the molecule is COc1cc(O)c(C(C)N)cc1OC. The smallest absolute Gasteiger partial charge is 0.164 e. The molecule has 0 bridgehead atoms. The van der Waals surface area contributed by atoms with Gasteiger partial charge in [-0.2, -0.15) is 0 Å². The fourth-order valence-electron chi connectivity index (χ4n) is 1.25. The highest BCUT2D eigenvalue weighted by molar-refractivity contribution is 5.50. The van der Waals surface area contributed by atoms with E-state index in [2.05, 4.69) is 0 Å². The number of hydrogen-bond acceptors (Lipinski definition) is 4. The molecule has 0 aliphatic carbocycles. The molecule has 78 valence electrons. The van der Waals surface area contributed by atoms with Gasteiger partial charge in [0.1, 0.15) is 5.75 Å². The van der Waals surface area contributed by atoms with E-state index >= 15 is 0 Å². The number of phenols is 1. The third-order valence-electron chi connectivity index (χ3n) is 2.02. The molecule has 0 radical (unpaired) electrons. The largest absolute Gasteiger partial charge is 0.507 e. The summed E-state index contributed by atoms with van der Waals surface area (Å²) in [5.74, 6) is 1.18. The van der Waals surface area contributed by atoms with Gasteiger partial charge in [-0.05, 0) is 13.0 Å². The summed E-state index contributed by atoms with van der Waals surface area (Å²) in [6, 6.07) is 2.94. The number of phenolic OH excluding ortho intramolecular Hbond substituents is 1. The Balaban J connectivity index is 3.23. The maximum atomic E-state index is 9.60. The average Bonchev–Trinajstić information content (AvgIpc) is 2.16. The van der Waals surface area contributed by atoms with Crippen molar-refractivity contribution in [3.63, 3.8) is 0 Å². The molecule has 1 atom stereocenters. The van der Waals surface area contributed by atoms with Crippen molar-refractivity contribution >= 4 is 0 Å². The van der Waals surface area contributed by atoms with Crippen LogP contribution < -0.4 is 15.2 Å². The van der Waals surface area contributed by atoms with Gasteiger partial charge in [0.2, 0.25) is 0 Å². The molecule has 0 aromatic heterocycles.